The second kappa shape index (κ2) is 8.75. The highest BCUT2D eigenvalue weighted by atomic mass is 16.5. The zero-order valence-corrected chi connectivity index (χ0v) is 14.1. The number of hydrogen-bond acceptors (Lipinski definition) is 5. The fourth-order valence-corrected chi connectivity index (χ4v) is 2.18. The smallest absolute Gasteiger partial charge is 0.338 e. The standard InChI is InChI=1S/C19H19NO5/c1-13(21)15-6-4-8-17(10-15)20-18(22)12-25-19(23)16-7-3-5-14(9-16)11-24-2/h3-10H,11-12H2,1-2H3,(H,20,22). The van der Waals surface area contributed by atoms with Crippen LogP contribution in [0.15, 0.2) is 48.5 Å². The van der Waals surface area contributed by atoms with E-state index in [0.29, 0.717) is 23.4 Å². The minimum Gasteiger partial charge on any atom is -0.452 e. The third-order valence-corrected chi connectivity index (χ3v) is 3.36. The van der Waals surface area contributed by atoms with Gasteiger partial charge >= 0.3 is 5.97 Å². The molecule has 25 heavy (non-hydrogen) atoms. The predicted octanol–water partition coefficient (Wildman–Crippen LogP) is 2.83. The van der Waals surface area contributed by atoms with Gasteiger partial charge in [-0.05, 0) is 36.8 Å². The van der Waals surface area contributed by atoms with Gasteiger partial charge in [0.15, 0.2) is 12.4 Å². The average molecular weight is 341 g/mol. The van der Waals surface area contributed by atoms with Crippen molar-refractivity contribution in [2.75, 3.05) is 19.0 Å². The molecule has 0 heterocycles. The van der Waals surface area contributed by atoms with E-state index in [1.807, 2.05) is 6.07 Å². The Morgan fingerprint density at radius 1 is 1.00 bits per heavy atom. The lowest BCUT2D eigenvalue weighted by Crippen LogP contribution is -2.21. The summed E-state index contributed by atoms with van der Waals surface area (Å²) >= 11 is 0. The fourth-order valence-electron chi connectivity index (χ4n) is 2.18. The maximum Gasteiger partial charge on any atom is 0.338 e. The van der Waals surface area contributed by atoms with Crippen molar-refractivity contribution in [2.24, 2.45) is 0 Å². The van der Waals surface area contributed by atoms with Crippen molar-refractivity contribution in [3.63, 3.8) is 0 Å². The van der Waals surface area contributed by atoms with E-state index in [-0.39, 0.29) is 5.78 Å². The van der Waals surface area contributed by atoms with Crippen LogP contribution in [0.3, 0.4) is 0 Å². The number of nitrogens with one attached hydrogen (secondary N) is 1. The Morgan fingerprint density at radius 3 is 2.44 bits per heavy atom. The number of carbonyl (C=O) groups excluding carboxylic acids is 3. The minimum absolute atomic E-state index is 0.0986. The summed E-state index contributed by atoms with van der Waals surface area (Å²) in [4.78, 5) is 35.3. The van der Waals surface area contributed by atoms with Gasteiger partial charge in [-0.2, -0.15) is 0 Å². The molecule has 0 radical (unpaired) electrons. The van der Waals surface area contributed by atoms with E-state index in [4.69, 9.17) is 9.47 Å². The molecule has 2 aromatic carbocycles. The number of Topliss-reactive ketones (excluding diaryl/α,β-unsaturated/α-hetero) is 1. The van der Waals surface area contributed by atoms with E-state index in [2.05, 4.69) is 5.32 Å². The first-order valence-electron chi connectivity index (χ1n) is 7.65. The van der Waals surface area contributed by atoms with Gasteiger partial charge in [0.2, 0.25) is 0 Å². The Hall–Kier alpha value is -2.99. The normalized spacial score (nSPS) is 10.2. The number of methoxy groups -OCH3 is 1. The molecule has 0 fully saturated rings. The molecule has 0 aliphatic rings. The topological polar surface area (TPSA) is 81.7 Å². The van der Waals surface area contributed by atoms with Crippen LogP contribution in [0, 0.1) is 0 Å². The summed E-state index contributed by atoms with van der Waals surface area (Å²) in [6.45, 7) is 1.41. The van der Waals surface area contributed by atoms with Crippen molar-refractivity contribution >= 4 is 23.3 Å². The molecule has 6 nitrogen and oxygen atoms in total. The summed E-state index contributed by atoms with van der Waals surface area (Å²) in [6, 6.07) is 13.4. The molecule has 0 aromatic heterocycles. The summed E-state index contributed by atoms with van der Waals surface area (Å²) in [6.07, 6.45) is 0. The SMILES string of the molecule is COCc1cccc(C(=O)OCC(=O)Nc2cccc(C(C)=O)c2)c1. The first kappa shape index (κ1) is 18.4. The van der Waals surface area contributed by atoms with E-state index < -0.39 is 18.5 Å². The van der Waals surface area contributed by atoms with Crippen LogP contribution in [-0.4, -0.2) is 31.4 Å². The molecule has 0 saturated carbocycles. The number of anilines is 1. The second-order valence-electron chi connectivity index (χ2n) is 5.39. The number of ether oxygens (including phenoxy) is 2. The zero-order valence-electron chi connectivity index (χ0n) is 14.1. The number of rotatable bonds is 7. The van der Waals surface area contributed by atoms with Crippen LogP contribution in [0.2, 0.25) is 0 Å². The highest BCUT2D eigenvalue weighted by Crippen LogP contribution is 2.12. The zero-order chi connectivity index (χ0) is 18.2. The summed E-state index contributed by atoms with van der Waals surface area (Å²) in [5, 5.41) is 2.59. The molecule has 6 heteroatoms. The van der Waals surface area contributed by atoms with Crippen molar-refractivity contribution in [1.82, 2.24) is 0 Å². The maximum atomic E-state index is 12.0. The van der Waals surface area contributed by atoms with Crippen molar-refractivity contribution < 1.29 is 23.9 Å². The van der Waals surface area contributed by atoms with Gasteiger partial charge in [-0.1, -0.05) is 24.3 Å². The lowest BCUT2D eigenvalue weighted by atomic mass is 10.1. The van der Waals surface area contributed by atoms with Crippen LogP contribution in [0.25, 0.3) is 0 Å². The van der Waals surface area contributed by atoms with Gasteiger partial charge < -0.3 is 14.8 Å². The Morgan fingerprint density at radius 2 is 1.72 bits per heavy atom. The quantitative estimate of drug-likeness (QED) is 0.618. The number of ketones is 1. The van der Waals surface area contributed by atoms with Crippen LogP contribution in [-0.2, 0) is 20.9 Å². The highest BCUT2D eigenvalue weighted by Gasteiger charge is 2.11. The first-order chi connectivity index (χ1) is 12.0. The summed E-state index contributed by atoms with van der Waals surface area (Å²) in [7, 11) is 1.57. The highest BCUT2D eigenvalue weighted by molar-refractivity contribution is 5.98. The molecule has 1 N–H and O–H groups in total. The molecule has 0 unspecified atom stereocenters. The number of hydrogen-bond donors (Lipinski definition) is 1. The average Bonchev–Trinajstić information content (AvgIpc) is 2.60. The molecule has 2 aromatic rings. The largest absolute Gasteiger partial charge is 0.452 e. The number of amides is 1. The molecule has 0 atom stereocenters. The molecule has 0 bridgehead atoms. The minimum atomic E-state index is -0.592. The lowest BCUT2D eigenvalue weighted by Gasteiger charge is -2.08. The van der Waals surface area contributed by atoms with Crippen molar-refractivity contribution in [2.45, 2.75) is 13.5 Å². The molecule has 130 valence electrons. The van der Waals surface area contributed by atoms with Gasteiger partial charge in [-0.25, -0.2) is 4.79 Å². The van der Waals surface area contributed by atoms with E-state index >= 15 is 0 Å². The van der Waals surface area contributed by atoms with Crippen LogP contribution in [0.4, 0.5) is 5.69 Å². The number of benzene rings is 2. The second-order valence-corrected chi connectivity index (χ2v) is 5.39. The monoisotopic (exact) mass is 341 g/mol. The van der Waals surface area contributed by atoms with Gasteiger partial charge in [0.05, 0.1) is 12.2 Å². The Labute approximate surface area is 145 Å². The van der Waals surface area contributed by atoms with Crippen LogP contribution >= 0.6 is 0 Å². The molecular formula is C19H19NO5. The molecule has 0 saturated heterocycles. The molecule has 1 amide bonds. The van der Waals surface area contributed by atoms with Crippen LogP contribution < -0.4 is 5.32 Å². The van der Waals surface area contributed by atoms with E-state index in [1.165, 1.54) is 6.92 Å². The van der Waals surface area contributed by atoms with E-state index in [9.17, 15) is 14.4 Å². The first-order valence-corrected chi connectivity index (χ1v) is 7.65. The molecule has 2 rings (SSSR count). The third-order valence-electron chi connectivity index (χ3n) is 3.36. The summed E-state index contributed by atoms with van der Waals surface area (Å²) < 4.78 is 10.0. The van der Waals surface area contributed by atoms with Gasteiger partial charge in [0.25, 0.3) is 5.91 Å². The van der Waals surface area contributed by atoms with Crippen molar-refractivity contribution in [1.29, 1.82) is 0 Å². The molecular weight excluding hydrogens is 322 g/mol. The van der Waals surface area contributed by atoms with Crippen molar-refractivity contribution in [3.8, 4) is 0 Å². The maximum absolute atomic E-state index is 12.0. The Balaban J connectivity index is 1.91. The number of carbonyl (C=O) groups is 3. The van der Waals surface area contributed by atoms with Gasteiger partial charge in [-0.3, -0.25) is 9.59 Å². The molecule has 0 spiro atoms. The lowest BCUT2D eigenvalue weighted by molar-refractivity contribution is -0.119. The summed E-state index contributed by atoms with van der Waals surface area (Å²) in [5.74, 6) is -1.17. The van der Waals surface area contributed by atoms with Gasteiger partial charge in [0.1, 0.15) is 0 Å². The van der Waals surface area contributed by atoms with E-state index in [1.54, 1.807) is 49.6 Å². The van der Waals surface area contributed by atoms with Gasteiger partial charge in [-0.15, -0.1) is 0 Å². The Bertz CT molecular complexity index is 785. The number of esters is 1. The van der Waals surface area contributed by atoms with Crippen LogP contribution in [0.1, 0.15) is 33.2 Å². The van der Waals surface area contributed by atoms with Crippen molar-refractivity contribution in [3.05, 3.63) is 65.2 Å². The molecule has 0 aliphatic heterocycles. The fraction of sp³-hybridized carbons (Fsp3) is 0.211. The summed E-state index contributed by atoms with van der Waals surface area (Å²) in [5.41, 5.74) is 2.14. The van der Waals surface area contributed by atoms with Crippen LogP contribution in [0.5, 0.6) is 0 Å². The van der Waals surface area contributed by atoms with E-state index in [0.717, 1.165) is 5.56 Å². The van der Waals surface area contributed by atoms with Gasteiger partial charge in [0, 0.05) is 18.4 Å². The molecule has 0 aliphatic carbocycles. The Kier molecular flexibility index (Phi) is 6.42. The predicted molar refractivity (Wildman–Crippen MR) is 92.5 cm³/mol. The third kappa shape index (κ3) is 5.54.